The first-order valence-electron chi connectivity index (χ1n) is 6.69. The molecule has 0 bridgehead atoms. The standard InChI is InChI=1S/C14H28O2/c1-9(2)13-10(3)7-6-8-12(13)14(15)11(4)16-5/h9-15H,6-8H2,1-5H3. The number of hydrogen-bond acceptors (Lipinski definition) is 2. The van der Waals surface area contributed by atoms with Crippen molar-refractivity contribution in [3.63, 3.8) is 0 Å². The smallest absolute Gasteiger partial charge is 0.0829 e. The molecule has 0 aromatic rings. The number of aliphatic hydroxyl groups excluding tert-OH is 1. The van der Waals surface area contributed by atoms with Crippen molar-refractivity contribution in [3.05, 3.63) is 0 Å². The highest BCUT2D eigenvalue weighted by atomic mass is 16.5. The van der Waals surface area contributed by atoms with Gasteiger partial charge in [-0.2, -0.15) is 0 Å². The van der Waals surface area contributed by atoms with Crippen LogP contribution < -0.4 is 0 Å². The van der Waals surface area contributed by atoms with Crippen LogP contribution in [0.25, 0.3) is 0 Å². The zero-order valence-electron chi connectivity index (χ0n) is 11.4. The van der Waals surface area contributed by atoms with Gasteiger partial charge in [0.1, 0.15) is 0 Å². The second kappa shape index (κ2) is 6.02. The Kier molecular flexibility index (Phi) is 5.26. The summed E-state index contributed by atoms with van der Waals surface area (Å²) in [7, 11) is 1.69. The molecule has 5 unspecified atom stereocenters. The summed E-state index contributed by atoms with van der Waals surface area (Å²) in [6, 6.07) is 0. The second-order valence-electron chi connectivity index (χ2n) is 5.82. The van der Waals surface area contributed by atoms with E-state index in [1.165, 1.54) is 12.8 Å². The molecule has 0 heterocycles. The first kappa shape index (κ1) is 14.0. The average molecular weight is 228 g/mol. The maximum atomic E-state index is 10.4. The molecule has 1 N–H and O–H groups in total. The second-order valence-corrected chi connectivity index (χ2v) is 5.82. The van der Waals surface area contributed by atoms with Gasteiger partial charge >= 0.3 is 0 Å². The van der Waals surface area contributed by atoms with Crippen LogP contribution in [0.2, 0.25) is 0 Å². The Morgan fingerprint density at radius 1 is 1.19 bits per heavy atom. The molecule has 0 amide bonds. The summed E-state index contributed by atoms with van der Waals surface area (Å²) in [6.45, 7) is 8.87. The Bertz CT molecular complexity index is 203. The van der Waals surface area contributed by atoms with E-state index in [0.717, 1.165) is 12.3 Å². The topological polar surface area (TPSA) is 29.5 Å². The first-order valence-corrected chi connectivity index (χ1v) is 6.69. The Morgan fingerprint density at radius 2 is 1.81 bits per heavy atom. The van der Waals surface area contributed by atoms with E-state index < -0.39 is 0 Å². The maximum Gasteiger partial charge on any atom is 0.0829 e. The van der Waals surface area contributed by atoms with Crippen LogP contribution in [0, 0.1) is 23.7 Å². The summed E-state index contributed by atoms with van der Waals surface area (Å²) in [5.74, 6) is 2.44. The monoisotopic (exact) mass is 228 g/mol. The molecule has 0 radical (unpaired) electrons. The molecule has 0 aromatic carbocycles. The van der Waals surface area contributed by atoms with Gasteiger partial charge in [-0.15, -0.1) is 0 Å². The Morgan fingerprint density at radius 3 is 2.31 bits per heavy atom. The van der Waals surface area contributed by atoms with Crippen molar-refractivity contribution >= 4 is 0 Å². The molecular formula is C14H28O2. The summed E-state index contributed by atoms with van der Waals surface area (Å²) in [5.41, 5.74) is 0. The third kappa shape index (κ3) is 2.98. The zero-order valence-corrected chi connectivity index (χ0v) is 11.4. The van der Waals surface area contributed by atoms with E-state index in [2.05, 4.69) is 20.8 Å². The highest BCUT2D eigenvalue weighted by Crippen LogP contribution is 2.41. The van der Waals surface area contributed by atoms with Gasteiger partial charge in [0.15, 0.2) is 0 Å². The summed E-state index contributed by atoms with van der Waals surface area (Å²) in [4.78, 5) is 0. The first-order chi connectivity index (χ1) is 7.49. The molecule has 0 aliphatic heterocycles. The lowest BCUT2D eigenvalue weighted by atomic mass is 9.65. The van der Waals surface area contributed by atoms with Crippen LogP contribution in [0.1, 0.15) is 47.0 Å². The predicted molar refractivity (Wildman–Crippen MR) is 67.3 cm³/mol. The van der Waals surface area contributed by atoms with Crippen molar-refractivity contribution in [1.82, 2.24) is 0 Å². The lowest BCUT2D eigenvalue weighted by Crippen LogP contribution is -2.43. The molecule has 2 nitrogen and oxygen atoms in total. The minimum Gasteiger partial charge on any atom is -0.390 e. The number of ether oxygens (including phenoxy) is 1. The van der Waals surface area contributed by atoms with Crippen molar-refractivity contribution in [1.29, 1.82) is 0 Å². The molecule has 0 saturated heterocycles. The van der Waals surface area contributed by atoms with Gasteiger partial charge in [0.2, 0.25) is 0 Å². The van der Waals surface area contributed by atoms with Gasteiger partial charge in [0.25, 0.3) is 0 Å². The predicted octanol–water partition coefficient (Wildman–Crippen LogP) is 3.09. The van der Waals surface area contributed by atoms with Crippen molar-refractivity contribution in [2.75, 3.05) is 7.11 Å². The molecule has 1 saturated carbocycles. The SMILES string of the molecule is COC(C)C(O)C1CCCC(C)C1C(C)C. The number of aliphatic hydroxyl groups is 1. The van der Waals surface area contributed by atoms with Crippen LogP contribution in [-0.4, -0.2) is 24.4 Å². The fourth-order valence-electron chi connectivity index (χ4n) is 3.52. The van der Waals surface area contributed by atoms with E-state index in [4.69, 9.17) is 4.74 Å². The zero-order chi connectivity index (χ0) is 12.3. The highest BCUT2D eigenvalue weighted by molar-refractivity contribution is 4.88. The van der Waals surface area contributed by atoms with Crippen LogP contribution in [0.15, 0.2) is 0 Å². The van der Waals surface area contributed by atoms with Crippen LogP contribution in [0.5, 0.6) is 0 Å². The number of rotatable bonds is 4. The van der Waals surface area contributed by atoms with E-state index >= 15 is 0 Å². The van der Waals surface area contributed by atoms with Gasteiger partial charge in [-0.3, -0.25) is 0 Å². The summed E-state index contributed by atoms with van der Waals surface area (Å²) in [6.07, 6.45) is 3.37. The fourth-order valence-corrected chi connectivity index (χ4v) is 3.52. The normalized spacial score (nSPS) is 35.1. The summed E-state index contributed by atoms with van der Waals surface area (Å²) < 4.78 is 5.28. The van der Waals surface area contributed by atoms with E-state index in [-0.39, 0.29) is 12.2 Å². The molecule has 1 aliphatic rings. The molecule has 0 spiro atoms. The number of hydrogen-bond donors (Lipinski definition) is 1. The lowest BCUT2D eigenvalue weighted by Gasteiger charge is -2.42. The molecule has 1 rings (SSSR count). The largest absolute Gasteiger partial charge is 0.390 e. The molecular weight excluding hydrogens is 200 g/mol. The van der Waals surface area contributed by atoms with Crippen molar-refractivity contribution in [3.8, 4) is 0 Å². The molecule has 96 valence electrons. The molecule has 0 aromatic heterocycles. The number of methoxy groups -OCH3 is 1. The average Bonchev–Trinajstić information content (AvgIpc) is 2.26. The molecule has 16 heavy (non-hydrogen) atoms. The fraction of sp³-hybridized carbons (Fsp3) is 1.00. The Hall–Kier alpha value is -0.0800. The minimum atomic E-state index is -0.305. The molecule has 1 aliphatic carbocycles. The van der Waals surface area contributed by atoms with Crippen molar-refractivity contribution in [2.24, 2.45) is 23.7 Å². The van der Waals surface area contributed by atoms with E-state index in [1.807, 2.05) is 6.92 Å². The van der Waals surface area contributed by atoms with Crippen molar-refractivity contribution < 1.29 is 9.84 Å². The Balaban J connectivity index is 2.74. The van der Waals surface area contributed by atoms with Crippen LogP contribution in [-0.2, 0) is 4.74 Å². The molecule has 2 heteroatoms. The summed E-state index contributed by atoms with van der Waals surface area (Å²) in [5, 5.41) is 10.4. The van der Waals surface area contributed by atoms with Crippen LogP contribution in [0.4, 0.5) is 0 Å². The van der Waals surface area contributed by atoms with E-state index in [9.17, 15) is 5.11 Å². The van der Waals surface area contributed by atoms with Gasteiger partial charge in [0, 0.05) is 7.11 Å². The van der Waals surface area contributed by atoms with Crippen LogP contribution >= 0.6 is 0 Å². The van der Waals surface area contributed by atoms with Crippen molar-refractivity contribution in [2.45, 2.75) is 59.2 Å². The van der Waals surface area contributed by atoms with E-state index in [1.54, 1.807) is 7.11 Å². The van der Waals surface area contributed by atoms with Crippen LogP contribution in [0.3, 0.4) is 0 Å². The third-order valence-corrected chi connectivity index (χ3v) is 4.41. The molecule has 5 atom stereocenters. The third-order valence-electron chi connectivity index (χ3n) is 4.41. The van der Waals surface area contributed by atoms with Gasteiger partial charge in [-0.05, 0) is 37.0 Å². The van der Waals surface area contributed by atoms with Gasteiger partial charge in [-0.1, -0.05) is 33.6 Å². The maximum absolute atomic E-state index is 10.4. The molecule has 1 fully saturated rings. The van der Waals surface area contributed by atoms with Gasteiger partial charge in [-0.25, -0.2) is 0 Å². The summed E-state index contributed by atoms with van der Waals surface area (Å²) >= 11 is 0. The quantitative estimate of drug-likeness (QED) is 0.801. The highest BCUT2D eigenvalue weighted by Gasteiger charge is 2.38. The van der Waals surface area contributed by atoms with Gasteiger partial charge in [0.05, 0.1) is 12.2 Å². The minimum absolute atomic E-state index is 0.0449. The van der Waals surface area contributed by atoms with E-state index in [0.29, 0.717) is 17.8 Å². The van der Waals surface area contributed by atoms with Gasteiger partial charge < -0.3 is 9.84 Å². The lowest BCUT2D eigenvalue weighted by molar-refractivity contribution is -0.0723. The Labute approximate surface area is 100 Å².